The fourth-order valence-electron chi connectivity index (χ4n) is 0.894. The van der Waals surface area contributed by atoms with Gasteiger partial charge in [0.05, 0.1) is 6.20 Å². The number of rotatable bonds is 6. The number of H-pyrrole nitrogens is 1. The molecule has 0 unspecified atom stereocenters. The highest BCUT2D eigenvalue weighted by molar-refractivity contribution is 7.98. The lowest BCUT2D eigenvalue weighted by molar-refractivity contribution is 0.576. The molecule has 1 heterocycles. The molecule has 14 heavy (non-hydrogen) atoms. The Balaban J connectivity index is 2.44. The third kappa shape index (κ3) is 3.32. The van der Waals surface area contributed by atoms with Crippen LogP contribution in [0, 0.1) is 0 Å². The number of aromatic nitrogens is 2. The van der Waals surface area contributed by atoms with E-state index in [0.29, 0.717) is 6.54 Å². The number of sulfonamides is 1. The van der Waals surface area contributed by atoms with Crippen LogP contribution in [0.15, 0.2) is 17.3 Å². The van der Waals surface area contributed by atoms with Gasteiger partial charge in [0.25, 0.3) is 10.0 Å². The summed E-state index contributed by atoms with van der Waals surface area (Å²) in [4.78, 5) is 0. The highest BCUT2D eigenvalue weighted by Gasteiger charge is 2.13. The fraction of sp³-hybridized carbons (Fsp3) is 0.571. The first-order valence-electron chi connectivity index (χ1n) is 4.15. The predicted molar refractivity (Wildman–Crippen MR) is 56.8 cm³/mol. The van der Waals surface area contributed by atoms with Crippen molar-refractivity contribution in [2.45, 2.75) is 11.4 Å². The standard InChI is InChI=1S/C7H13N3O2S2/c1-13-6-2-4-9-14(11,12)7-3-5-8-10-7/h3,5,9H,2,4,6H2,1H3,(H,8,10). The molecule has 1 rings (SSSR count). The third-order valence-corrected chi connectivity index (χ3v) is 3.67. The largest absolute Gasteiger partial charge is 0.266 e. The molecule has 0 fully saturated rings. The molecule has 0 aromatic carbocycles. The van der Waals surface area contributed by atoms with Gasteiger partial charge in [0, 0.05) is 6.54 Å². The van der Waals surface area contributed by atoms with Crippen LogP contribution < -0.4 is 4.72 Å². The molecule has 0 amide bonds. The van der Waals surface area contributed by atoms with Gasteiger partial charge >= 0.3 is 0 Å². The van der Waals surface area contributed by atoms with Gasteiger partial charge in [-0.1, -0.05) is 0 Å². The topological polar surface area (TPSA) is 74.8 Å². The normalized spacial score (nSPS) is 11.8. The van der Waals surface area contributed by atoms with E-state index >= 15 is 0 Å². The Labute approximate surface area is 87.7 Å². The summed E-state index contributed by atoms with van der Waals surface area (Å²) < 4.78 is 25.4. The molecule has 0 atom stereocenters. The van der Waals surface area contributed by atoms with Crippen LogP contribution in [-0.4, -0.2) is 37.2 Å². The molecule has 0 aliphatic rings. The van der Waals surface area contributed by atoms with Crippen molar-refractivity contribution in [2.24, 2.45) is 0 Å². The molecule has 0 bridgehead atoms. The van der Waals surface area contributed by atoms with Crippen LogP contribution in [0.3, 0.4) is 0 Å². The van der Waals surface area contributed by atoms with Gasteiger partial charge in [0.1, 0.15) is 0 Å². The summed E-state index contributed by atoms with van der Waals surface area (Å²) >= 11 is 1.69. The summed E-state index contributed by atoms with van der Waals surface area (Å²) in [6, 6.07) is 1.43. The minimum atomic E-state index is -3.37. The maximum absolute atomic E-state index is 11.5. The molecule has 7 heteroatoms. The molecular formula is C7H13N3O2S2. The number of hydrogen-bond acceptors (Lipinski definition) is 4. The lowest BCUT2D eigenvalue weighted by Gasteiger charge is -2.02. The van der Waals surface area contributed by atoms with E-state index in [1.807, 2.05) is 6.26 Å². The zero-order chi connectivity index (χ0) is 10.4. The lowest BCUT2D eigenvalue weighted by Crippen LogP contribution is -2.25. The first kappa shape index (κ1) is 11.5. The zero-order valence-corrected chi connectivity index (χ0v) is 9.49. The number of hydrogen-bond donors (Lipinski definition) is 2. The Morgan fingerprint density at radius 2 is 2.43 bits per heavy atom. The molecule has 0 spiro atoms. The average molecular weight is 235 g/mol. The van der Waals surface area contributed by atoms with Gasteiger partial charge in [0.2, 0.25) is 0 Å². The van der Waals surface area contributed by atoms with E-state index in [0.717, 1.165) is 12.2 Å². The van der Waals surface area contributed by atoms with Crippen molar-refractivity contribution in [1.29, 1.82) is 0 Å². The Hall–Kier alpha value is -0.530. The van der Waals surface area contributed by atoms with Crippen molar-refractivity contribution in [3.05, 3.63) is 12.3 Å². The van der Waals surface area contributed by atoms with Gasteiger partial charge in [-0.2, -0.15) is 16.9 Å². The smallest absolute Gasteiger partial charge is 0.257 e. The van der Waals surface area contributed by atoms with Crippen LogP contribution in [0.2, 0.25) is 0 Å². The Morgan fingerprint density at radius 1 is 1.64 bits per heavy atom. The molecule has 1 aromatic heterocycles. The van der Waals surface area contributed by atoms with E-state index in [-0.39, 0.29) is 5.03 Å². The quantitative estimate of drug-likeness (QED) is 0.702. The molecule has 0 saturated heterocycles. The SMILES string of the molecule is CSCCCNS(=O)(=O)c1ccn[nH]1. The maximum Gasteiger partial charge on any atom is 0.257 e. The Morgan fingerprint density at radius 3 is 3.00 bits per heavy atom. The van der Waals surface area contributed by atoms with Gasteiger partial charge in [-0.15, -0.1) is 0 Å². The van der Waals surface area contributed by atoms with Crippen molar-refractivity contribution in [2.75, 3.05) is 18.6 Å². The second-order valence-electron chi connectivity index (χ2n) is 2.67. The highest BCUT2D eigenvalue weighted by atomic mass is 32.2. The molecule has 5 nitrogen and oxygen atoms in total. The zero-order valence-electron chi connectivity index (χ0n) is 7.86. The van der Waals surface area contributed by atoms with Crippen LogP contribution in [0.5, 0.6) is 0 Å². The first-order valence-corrected chi connectivity index (χ1v) is 7.02. The number of nitrogens with zero attached hydrogens (tertiary/aromatic N) is 1. The third-order valence-electron chi connectivity index (χ3n) is 1.58. The summed E-state index contributed by atoms with van der Waals surface area (Å²) in [5.74, 6) is 0.950. The first-order chi connectivity index (χ1) is 6.67. The second-order valence-corrected chi connectivity index (χ2v) is 5.39. The summed E-state index contributed by atoms with van der Waals surface area (Å²) in [7, 11) is -3.37. The van der Waals surface area contributed by atoms with E-state index in [9.17, 15) is 8.42 Å². The van der Waals surface area contributed by atoms with Crippen LogP contribution in [0.25, 0.3) is 0 Å². The van der Waals surface area contributed by atoms with Crippen molar-refractivity contribution in [3.8, 4) is 0 Å². The van der Waals surface area contributed by atoms with Crippen LogP contribution in [0.1, 0.15) is 6.42 Å². The van der Waals surface area contributed by atoms with E-state index in [4.69, 9.17) is 0 Å². The van der Waals surface area contributed by atoms with E-state index in [2.05, 4.69) is 14.9 Å². The van der Waals surface area contributed by atoms with Crippen molar-refractivity contribution in [3.63, 3.8) is 0 Å². The minimum Gasteiger partial charge on any atom is -0.266 e. The van der Waals surface area contributed by atoms with Gasteiger partial charge < -0.3 is 0 Å². The molecule has 0 aliphatic carbocycles. The monoisotopic (exact) mass is 235 g/mol. The van der Waals surface area contributed by atoms with Gasteiger partial charge in [-0.25, -0.2) is 13.1 Å². The molecule has 1 aromatic rings. The van der Waals surface area contributed by atoms with E-state index in [1.165, 1.54) is 12.3 Å². The lowest BCUT2D eigenvalue weighted by atomic mass is 10.5. The molecular weight excluding hydrogens is 222 g/mol. The van der Waals surface area contributed by atoms with E-state index < -0.39 is 10.0 Å². The summed E-state index contributed by atoms with van der Waals surface area (Å²) in [6.07, 6.45) is 4.23. The number of nitrogens with one attached hydrogen (secondary N) is 2. The van der Waals surface area contributed by atoms with Crippen LogP contribution >= 0.6 is 11.8 Å². The molecule has 2 N–H and O–H groups in total. The van der Waals surface area contributed by atoms with Gasteiger partial charge in [-0.05, 0) is 24.5 Å². The molecule has 0 aliphatic heterocycles. The molecule has 0 saturated carbocycles. The van der Waals surface area contributed by atoms with Gasteiger partial charge in [0.15, 0.2) is 5.03 Å². The van der Waals surface area contributed by atoms with Crippen LogP contribution in [-0.2, 0) is 10.0 Å². The van der Waals surface area contributed by atoms with Gasteiger partial charge in [-0.3, -0.25) is 5.10 Å². The maximum atomic E-state index is 11.5. The summed E-state index contributed by atoms with van der Waals surface area (Å²) in [5.41, 5.74) is 0. The Bertz CT molecular complexity index is 347. The minimum absolute atomic E-state index is 0.113. The summed E-state index contributed by atoms with van der Waals surface area (Å²) in [5, 5.41) is 6.11. The fourth-order valence-corrected chi connectivity index (χ4v) is 2.31. The van der Waals surface area contributed by atoms with Crippen molar-refractivity contribution in [1.82, 2.24) is 14.9 Å². The Kier molecular flexibility index (Phi) is 4.43. The number of aromatic amines is 1. The number of thioether (sulfide) groups is 1. The average Bonchev–Trinajstić information content (AvgIpc) is 2.65. The second kappa shape index (κ2) is 5.38. The van der Waals surface area contributed by atoms with Crippen LogP contribution in [0.4, 0.5) is 0 Å². The highest BCUT2D eigenvalue weighted by Crippen LogP contribution is 2.02. The van der Waals surface area contributed by atoms with E-state index in [1.54, 1.807) is 11.8 Å². The summed E-state index contributed by atoms with van der Waals surface area (Å²) in [6.45, 7) is 0.461. The molecule has 0 radical (unpaired) electrons. The predicted octanol–water partition coefficient (Wildman–Crippen LogP) is 0.441. The molecule has 80 valence electrons. The van der Waals surface area contributed by atoms with Crippen molar-refractivity contribution < 1.29 is 8.42 Å². The van der Waals surface area contributed by atoms with Crippen molar-refractivity contribution >= 4 is 21.8 Å².